The molecule has 23 heavy (non-hydrogen) atoms. The number of piperazine rings is 1. The lowest BCUT2D eigenvalue weighted by Gasteiger charge is -2.35. The largest absolute Gasteiger partial charge is 0.494 e. The molecule has 0 unspecified atom stereocenters. The maximum Gasteiger partial charge on any atom is 0.222 e. The Morgan fingerprint density at radius 2 is 1.52 bits per heavy atom. The van der Waals surface area contributed by atoms with Gasteiger partial charge in [0.2, 0.25) is 11.8 Å². The lowest BCUT2D eigenvalue weighted by Crippen LogP contribution is -2.50. The van der Waals surface area contributed by atoms with E-state index in [1.807, 2.05) is 47.1 Å². The van der Waals surface area contributed by atoms with Crippen LogP contribution in [-0.4, -0.2) is 54.4 Å². The number of carbonyl (C=O) groups excluding carboxylic acids is 2. The van der Waals surface area contributed by atoms with Crippen molar-refractivity contribution < 1.29 is 14.3 Å². The smallest absolute Gasteiger partial charge is 0.222 e. The fraction of sp³-hybridized carbons (Fsp3) is 0.556. The summed E-state index contributed by atoms with van der Waals surface area (Å²) in [6.07, 6.45) is 2.68. The molecule has 5 nitrogen and oxygen atoms in total. The average molecular weight is 318 g/mol. The van der Waals surface area contributed by atoms with E-state index >= 15 is 0 Å². The number of benzene rings is 1. The van der Waals surface area contributed by atoms with Gasteiger partial charge in [-0.15, -0.1) is 0 Å². The number of para-hydroxylation sites is 1. The highest BCUT2D eigenvalue weighted by atomic mass is 16.5. The molecule has 1 aromatic rings. The van der Waals surface area contributed by atoms with E-state index in [0.717, 1.165) is 12.2 Å². The molecular weight excluding hydrogens is 292 g/mol. The molecule has 0 aromatic heterocycles. The van der Waals surface area contributed by atoms with Gasteiger partial charge in [-0.2, -0.15) is 0 Å². The number of hydrogen-bond donors (Lipinski definition) is 0. The van der Waals surface area contributed by atoms with Crippen LogP contribution in [0.25, 0.3) is 0 Å². The van der Waals surface area contributed by atoms with E-state index in [2.05, 4.69) is 0 Å². The Bertz CT molecular complexity index is 496. The predicted octanol–water partition coefficient (Wildman–Crippen LogP) is 2.32. The van der Waals surface area contributed by atoms with E-state index in [9.17, 15) is 9.59 Å². The normalized spacial score (nSPS) is 14.7. The summed E-state index contributed by atoms with van der Waals surface area (Å²) >= 11 is 0. The molecule has 1 heterocycles. The van der Waals surface area contributed by atoms with E-state index in [1.165, 1.54) is 0 Å². The van der Waals surface area contributed by atoms with E-state index in [0.29, 0.717) is 52.0 Å². The van der Waals surface area contributed by atoms with Crippen LogP contribution in [0.2, 0.25) is 0 Å². The zero-order valence-corrected chi connectivity index (χ0v) is 13.9. The molecule has 0 saturated carbocycles. The molecular formula is C18H26N2O3. The van der Waals surface area contributed by atoms with Crippen molar-refractivity contribution in [2.24, 2.45) is 0 Å². The van der Waals surface area contributed by atoms with Crippen molar-refractivity contribution in [3.05, 3.63) is 30.3 Å². The zero-order valence-electron chi connectivity index (χ0n) is 13.9. The number of ether oxygens (including phenoxy) is 1. The standard InChI is InChI=1S/C18H26N2O3/c1-2-7-17(21)19-11-13-20(14-12-19)18(22)10-6-15-23-16-8-4-3-5-9-16/h3-5,8-9H,2,6-7,10-15H2,1H3. The fourth-order valence-electron chi connectivity index (χ4n) is 2.67. The van der Waals surface area contributed by atoms with Gasteiger partial charge in [0.1, 0.15) is 5.75 Å². The first-order chi connectivity index (χ1) is 11.2. The Morgan fingerprint density at radius 1 is 0.957 bits per heavy atom. The van der Waals surface area contributed by atoms with Crippen LogP contribution in [0.3, 0.4) is 0 Å². The molecule has 1 aromatic carbocycles. The fourth-order valence-corrected chi connectivity index (χ4v) is 2.67. The molecule has 5 heteroatoms. The highest BCUT2D eigenvalue weighted by Gasteiger charge is 2.23. The number of carbonyl (C=O) groups is 2. The van der Waals surface area contributed by atoms with Crippen molar-refractivity contribution >= 4 is 11.8 Å². The van der Waals surface area contributed by atoms with Crippen molar-refractivity contribution in [3.63, 3.8) is 0 Å². The molecule has 0 N–H and O–H groups in total. The number of amides is 2. The second-order valence-electron chi connectivity index (χ2n) is 5.78. The minimum atomic E-state index is 0.157. The van der Waals surface area contributed by atoms with Crippen LogP contribution < -0.4 is 4.74 Å². The first-order valence-corrected chi connectivity index (χ1v) is 8.44. The second kappa shape index (κ2) is 9.18. The third-order valence-corrected chi connectivity index (χ3v) is 4.00. The van der Waals surface area contributed by atoms with E-state index < -0.39 is 0 Å². The van der Waals surface area contributed by atoms with Crippen molar-refractivity contribution in [2.45, 2.75) is 32.6 Å². The maximum absolute atomic E-state index is 12.2. The lowest BCUT2D eigenvalue weighted by atomic mass is 10.2. The summed E-state index contributed by atoms with van der Waals surface area (Å²) in [5.41, 5.74) is 0. The Kier molecular flexibility index (Phi) is 6.91. The molecule has 126 valence electrons. The molecule has 1 saturated heterocycles. The lowest BCUT2D eigenvalue weighted by molar-refractivity contribution is -0.139. The van der Waals surface area contributed by atoms with Crippen molar-refractivity contribution in [1.29, 1.82) is 0 Å². The highest BCUT2D eigenvalue weighted by Crippen LogP contribution is 2.10. The second-order valence-corrected chi connectivity index (χ2v) is 5.78. The minimum absolute atomic E-state index is 0.157. The molecule has 0 radical (unpaired) electrons. The van der Waals surface area contributed by atoms with Gasteiger partial charge in [0, 0.05) is 39.0 Å². The van der Waals surface area contributed by atoms with Crippen molar-refractivity contribution in [1.82, 2.24) is 9.80 Å². The van der Waals surface area contributed by atoms with Crippen LogP contribution in [0.15, 0.2) is 30.3 Å². The van der Waals surface area contributed by atoms with Gasteiger partial charge in [0.15, 0.2) is 0 Å². The topological polar surface area (TPSA) is 49.9 Å². The van der Waals surface area contributed by atoms with Crippen LogP contribution in [0, 0.1) is 0 Å². The molecule has 0 atom stereocenters. The van der Waals surface area contributed by atoms with Gasteiger partial charge in [0.05, 0.1) is 6.61 Å². The average Bonchev–Trinajstić information content (AvgIpc) is 2.60. The predicted molar refractivity (Wildman–Crippen MR) is 89.2 cm³/mol. The van der Waals surface area contributed by atoms with Gasteiger partial charge in [-0.05, 0) is 25.0 Å². The molecule has 2 rings (SSSR count). The molecule has 0 spiro atoms. The Labute approximate surface area is 138 Å². The van der Waals surface area contributed by atoms with Crippen LogP contribution >= 0.6 is 0 Å². The SMILES string of the molecule is CCCC(=O)N1CCN(C(=O)CCCOc2ccccc2)CC1. The quantitative estimate of drug-likeness (QED) is 0.725. The Balaban J connectivity index is 1.62. The Hall–Kier alpha value is -2.04. The van der Waals surface area contributed by atoms with Crippen LogP contribution in [0.4, 0.5) is 0 Å². The highest BCUT2D eigenvalue weighted by molar-refractivity contribution is 5.78. The van der Waals surface area contributed by atoms with Gasteiger partial charge in [-0.1, -0.05) is 25.1 Å². The van der Waals surface area contributed by atoms with Gasteiger partial charge in [-0.25, -0.2) is 0 Å². The minimum Gasteiger partial charge on any atom is -0.494 e. The summed E-state index contributed by atoms with van der Waals surface area (Å²) in [6.45, 7) is 5.16. The summed E-state index contributed by atoms with van der Waals surface area (Å²) < 4.78 is 5.60. The van der Waals surface area contributed by atoms with E-state index in [-0.39, 0.29) is 11.8 Å². The van der Waals surface area contributed by atoms with Crippen molar-refractivity contribution in [2.75, 3.05) is 32.8 Å². The first-order valence-electron chi connectivity index (χ1n) is 8.44. The molecule has 1 fully saturated rings. The monoisotopic (exact) mass is 318 g/mol. The third-order valence-electron chi connectivity index (χ3n) is 4.00. The van der Waals surface area contributed by atoms with Gasteiger partial charge < -0.3 is 14.5 Å². The van der Waals surface area contributed by atoms with Gasteiger partial charge in [0.25, 0.3) is 0 Å². The van der Waals surface area contributed by atoms with Crippen LogP contribution in [0.5, 0.6) is 5.75 Å². The number of hydrogen-bond acceptors (Lipinski definition) is 3. The molecule has 0 aliphatic carbocycles. The van der Waals surface area contributed by atoms with E-state index in [4.69, 9.17) is 4.74 Å². The molecule has 1 aliphatic rings. The molecule has 2 amide bonds. The van der Waals surface area contributed by atoms with Crippen LogP contribution in [0.1, 0.15) is 32.6 Å². The summed E-state index contributed by atoms with van der Waals surface area (Å²) in [5, 5.41) is 0. The van der Waals surface area contributed by atoms with E-state index in [1.54, 1.807) is 0 Å². The summed E-state index contributed by atoms with van der Waals surface area (Å²) in [6, 6.07) is 9.63. The Morgan fingerprint density at radius 3 is 2.09 bits per heavy atom. The molecule has 0 bridgehead atoms. The van der Waals surface area contributed by atoms with Gasteiger partial charge in [-0.3, -0.25) is 9.59 Å². The zero-order chi connectivity index (χ0) is 16.5. The third kappa shape index (κ3) is 5.58. The summed E-state index contributed by atoms with van der Waals surface area (Å²) in [5.74, 6) is 1.20. The van der Waals surface area contributed by atoms with Crippen LogP contribution in [-0.2, 0) is 9.59 Å². The number of rotatable bonds is 7. The van der Waals surface area contributed by atoms with Gasteiger partial charge >= 0.3 is 0 Å². The van der Waals surface area contributed by atoms with Crippen molar-refractivity contribution in [3.8, 4) is 5.75 Å². The molecule has 1 aliphatic heterocycles. The maximum atomic E-state index is 12.2. The number of nitrogens with zero attached hydrogens (tertiary/aromatic N) is 2. The summed E-state index contributed by atoms with van der Waals surface area (Å²) in [4.78, 5) is 27.7. The summed E-state index contributed by atoms with van der Waals surface area (Å²) in [7, 11) is 0. The first kappa shape index (κ1) is 17.3.